The van der Waals surface area contributed by atoms with Gasteiger partial charge in [0, 0.05) is 16.7 Å². The second kappa shape index (κ2) is 4.16. The first-order chi connectivity index (χ1) is 8.61. The van der Waals surface area contributed by atoms with Crippen molar-refractivity contribution in [2.45, 2.75) is 24.1 Å². The normalized spacial score (nSPS) is 31.1. The average molecular weight is 265 g/mol. The minimum absolute atomic E-state index is 0.0536. The summed E-state index contributed by atoms with van der Waals surface area (Å²) in [6.45, 7) is 2.93. The molecule has 1 aromatic rings. The van der Waals surface area contributed by atoms with Crippen molar-refractivity contribution < 1.29 is 4.39 Å². The fourth-order valence-electron chi connectivity index (χ4n) is 2.85. The molecule has 2 aliphatic heterocycles. The summed E-state index contributed by atoms with van der Waals surface area (Å²) in [4.78, 5) is 6.40. The number of rotatable bonds is 1. The summed E-state index contributed by atoms with van der Waals surface area (Å²) < 4.78 is 13.4. The van der Waals surface area contributed by atoms with E-state index in [4.69, 9.17) is 5.73 Å². The first kappa shape index (κ1) is 11.8. The molecule has 0 radical (unpaired) electrons. The number of aliphatic imine (C=N–C) groups is 1. The van der Waals surface area contributed by atoms with Gasteiger partial charge in [-0.1, -0.05) is 13.0 Å². The van der Waals surface area contributed by atoms with Crippen LogP contribution in [0.3, 0.4) is 0 Å². The Morgan fingerprint density at radius 3 is 3.06 bits per heavy atom. The number of guanidine groups is 1. The van der Waals surface area contributed by atoms with Crippen molar-refractivity contribution in [3.8, 4) is 0 Å². The average Bonchev–Trinajstić information content (AvgIpc) is 2.84. The molecule has 3 nitrogen and oxygen atoms in total. The highest BCUT2D eigenvalue weighted by atomic mass is 32.2. The van der Waals surface area contributed by atoms with Crippen LogP contribution in [0.4, 0.5) is 10.1 Å². The topological polar surface area (TPSA) is 41.6 Å². The quantitative estimate of drug-likeness (QED) is 0.846. The third-order valence-electron chi connectivity index (χ3n) is 3.61. The van der Waals surface area contributed by atoms with E-state index in [9.17, 15) is 4.39 Å². The molecule has 1 fully saturated rings. The molecule has 2 atom stereocenters. The maximum atomic E-state index is 13.4. The van der Waals surface area contributed by atoms with Crippen LogP contribution < -0.4 is 10.6 Å². The van der Waals surface area contributed by atoms with Gasteiger partial charge < -0.3 is 10.6 Å². The maximum absolute atomic E-state index is 13.4. The van der Waals surface area contributed by atoms with Gasteiger partial charge in [-0.2, -0.15) is 11.8 Å². The van der Waals surface area contributed by atoms with Gasteiger partial charge in [0.1, 0.15) is 5.82 Å². The highest BCUT2D eigenvalue weighted by molar-refractivity contribution is 8.00. The van der Waals surface area contributed by atoms with E-state index in [0.717, 1.165) is 17.9 Å². The summed E-state index contributed by atoms with van der Waals surface area (Å²) in [7, 11) is 0. The molecule has 1 spiro atoms. The van der Waals surface area contributed by atoms with Crippen LogP contribution >= 0.6 is 11.8 Å². The Morgan fingerprint density at radius 2 is 2.39 bits per heavy atom. The van der Waals surface area contributed by atoms with E-state index in [0.29, 0.717) is 17.8 Å². The Kier molecular flexibility index (Phi) is 2.73. The highest BCUT2D eigenvalue weighted by Crippen LogP contribution is 2.43. The summed E-state index contributed by atoms with van der Waals surface area (Å²) >= 11 is 1.93. The monoisotopic (exact) mass is 265 g/mol. The number of halogens is 1. The minimum Gasteiger partial charge on any atom is -0.369 e. The molecule has 0 saturated carbocycles. The summed E-state index contributed by atoms with van der Waals surface area (Å²) in [6.07, 6.45) is 1.04. The van der Waals surface area contributed by atoms with Crippen molar-refractivity contribution in [1.29, 1.82) is 0 Å². The van der Waals surface area contributed by atoms with Crippen LogP contribution in [0.2, 0.25) is 0 Å². The Morgan fingerprint density at radius 1 is 1.56 bits per heavy atom. The molecule has 2 unspecified atom stereocenters. The van der Waals surface area contributed by atoms with E-state index in [1.165, 1.54) is 12.1 Å². The van der Waals surface area contributed by atoms with Crippen molar-refractivity contribution in [3.05, 3.63) is 30.1 Å². The van der Waals surface area contributed by atoms with E-state index in [1.807, 2.05) is 22.7 Å². The van der Waals surface area contributed by atoms with Crippen molar-refractivity contribution in [2.75, 3.05) is 17.2 Å². The van der Waals surface area contributed by atoms with Crippen LogP contribution in [0.15, 0.2) is 29.3 Å². The molecule has 1 saturated heterocycles. The molecule has 18 heavy (non-hydrogen) atoms. The molecule has 2 heterocycles. The van der Waals surface area contributed by atoms with E-state index in [1.54, 1.807) is 6.07 Å². The van der Waals surface area contributed by atoms with E-state index >= 15 is 0 Å². The molecule has 5 heteroatoms. The smallest absolute Gasteiger partial charge is 0.196 e. The van der Waals surface area contributed by atoms with Gasteiger partial charge in [0.15, 0.2) is 5.96 Å². The molecular formula is C13H16FN3S. The summed E-state index contributed by atoms with van der Waals surface area (Å²) in [6, 6.07) is 6.59. The van der Waals surface area contributed by atoms with Crippen molar-refractivity contribution >= 4 is 23.4 Å². The number of benzene rings is 1. The molecule has 2 N–H and O–H groups in total. The predicted octanol–water partition coefficient (Wildman–Crippen LogP) is 2.22. The number of nitrogens with zero attached hydrogens (tertiary/aromatic N) is 2. The number of nitrogens with two attached hydrogens (primary N) is 1. The van der Waals surface area contributed by atoms with Crippen LogP contribution in [0.1, 0.15) is 13.3 Å². The summed E-state index contributed by atoms with van der Waals surface area (Å²) in [5.41, 5.74) is 6.76. The van der Waals surface area contributed by atoms with Crippen LogP contribution in [0.5, 0.6) is 0 Å². The minimum atomic E-state index is -0.235. The first-order valence-corrected chi connectivity index (χ1v) is 7.13. The zero-order valence-corrected chi connectivity index (χ0v) is 11.1. The third-order valence-corrected chi connectivity index (χ3v) is 5.05. The number of hydrogen-bond donors (Lipinski definition) is 1. The number of hydrogen-bond acceptors (Lipinski definition) is 4. The molecule has 2 aliphatic rings. The molecular weight excluding hydrogens is 249 g/mol. The second-order valence-corrected chi connectivity index (χ2v) is 6.47. The molecule has 96 valence electrons. The van der Waals surface area contributed by atoms with Gasteiger partial charge in [0.2, 0.25) is 0 Å². The Labute approximate surface area is 110 Å². The van der Waals surface area contributed by atoms with Crippen LogP contribution in [0, 0.1) is 5.82 Å². The van der Waals surface area contributed by atoms with Crippen molar-refractivity contribution in [3.63, 3.8) is 0 Å². The lowest BCUT2D eigenvalue weighted by atomic mass is 9.94. The van der Waals surface area contributed by atoms with E-state index < -0.39 is 0 Å². The lowest BCUT2D eigenvalue weighted by molar-refractivity contribution is 0.493. The van der Waals surface area contributed by atoms with Crippen molar-refractivity contribution in [1.82, 2.24) is 0 Å². The SMILES string of the molecule is CC1CC2(CN=C(N)N2c2cccc(F)c2)CS1. The van der Waals surface area contributed by atoms with Crippen LogP contribution in [0.25, 0.3) is 0 Å². The Hall–Kier alpha value is -1.23. The van der Waals surface area contributed by atoms with Gasteiger partial charge in [-0.3, -0.25) is 4.99 Å². The van der Waals surface area contributed by atoms with Gasteiger partial charge in [-0.15, -0.1) is 0 Å². The van der Waals surface area contributed by atoms with E-state index in [-0.39, 0.29) is 11.4 Å². The first-order valence-electron chi connectivity index (χ1n) is 6.08. The molecule has 0 bridgehead atoms. The van der Waals surface area contributed by atoms with Gasteiger partial charge >= 0.3 is 0 Å². The van der Waals surface area contributed by atoms with Crippen LogP contribution in [-0.2, 0) is 0 Å². The van der Waals surface area contributed by atoms with Crippen molar-refractivity contribution in [2.24, 2.45) is 10.7 Å². The zero-order chi connectivity index (χ0) is 12.8. The van der Waals surface area contributed by atoms with Crippen LogP contribution in [-0.4, -0.2) is 29.0 Å². The fourth-order valence-corrected chi connectivity index (χ4v) is 4.21. The van der Waals surface area contributed by atoms with Gasteiger partial charge in [0.05, 0.1) is 12.1 Å². The largest absolute Gasteiger partial charge is 0.369 e. The highest BCUT2D eigenvalue weighted by Gasteiger charge is 2.47. The second-order valence-electron chi connectivity index (χ2n) is 5.04. The number of thioether (sulfide) groups is 1. The number of anilines is 1. The molecule has 3 rings (SSSR count). The maximum Gasteiger partial charge on any atom is 0.196 e. The zero-order valence-electron chi connectivity index (χ0n) is 10.3. The predicted molar refractivity (Wildman–Crippen MR) is 74.6 cm³/mol. The Bertz CT molecular complexity index is 505. The summed E-state index contributed by atoms with van der Waals surface area (Å²) in [5.74, 6) is 1.27. The molecule has 0 amide bonds. The molecule has 0 aliphatic carbocycles. The summed E-state index contributed by atoms with van der Waals surface area (Å²) in [5, 5.41) is 0.599. The lowest BCUT2D eigenvalue weighted by Gasteiger charge is -2.35. The Balaban J connectivity index is 2.00. The van der Waals surface area contributed by atoms with Gasteiger partial charge in [-0.25, -0.2) is 4.39 Å². The standard InChI is InChI=1S/C13H16FN3S/c1-9-6-13(8-18-9)7-16-12(15)17(13)11-4-2-3-10(14)5-11/h2-5,9H,6-8H2,1H3,(H2,15,16). The molecule has 1 aromatic carbocycles. The fraction of sp³-hybridized carbons (Fsp3) is 0.462. The third kappa shape index (κ3) is 1.77. The van der Waals surface area contributed by atoms with E-state index in [2.05, 4.69) is 11.9 Å². The van der Waals surface area contributed by atoms with Gasteiger partial charge in [0.25, 0.3) is 0 Å². The van der Waals surface area contributed by atoms with Gasteiger partial charge in [-0.05, 0) is 24.6 Å². The molecule has 0 aromatic heterocycles. The lowest BCUT2D eigenvalue weighted by Crippen LogP contribution is -2.52.